The molecule has 0 saturated carbocycles. The van der Waals surface area contributed by atoms with E-state index in [2.05, 4.69) is 122 Å². The molecule has 0 aliphatic heterocycles. The van der Waals surface area contributed by atoms with E-state index in [-0.39, 0.29) is 0 Å². The van der Waals surface area contributed by atoms with Gasteiger partial charge in [-0.3, -0.25) is 0 Å². The molecule has 0 fully saturated rings. The minimum atomic E-state index is -3.35. The van der Waals surface area contributed by atoms with Gasteiger partial charge >= 0.3 is 178 Å². The van der Waals surface area contributed by atoms with E-state index in [0.717, 1.165) is 17.0 Å². The molecule has 4 aromatic rings. The summed E-state index contributed by atoms with van der Waals surface area (Å²) in [6, 6.07) is 40.2. The molecule has 2 heteroatoms. The van der Waals surface area contributed by atoms with Gasteiger partial charge in [0.2, 0.25) is 0 Å². The molecular weight excluding hydrogens is 391 g/mol. The Hall–Kier alpha value is -2.66. The average molecular weight is 415 g/mol. The zero-order valence-electron chi connectivity index (χ0n) is 16.3. The molecule has 0 unspecified atom stereocenters. The van der Waals surface area contributed by atoms with Crippen molar-refractivity contribution in [1.29, 1.82) is 0 Å². The van der Waals surface area contributed by atoms with E-state index in [0.29, 0.717) is 0 Å². The summed E-state index contributed by atoms with van der Waals surface area (Å²) in [4.78, 5) is 0. The van der Waals surface area contributed by atoms with Crippen LogP contribution in [0.25, 0.3) is 6.08 Å². The van der Waals surface area contributed by atoms with Crippen molar-refractivity contribution in [2.24, 2.45) is 0 Å². The van der Waals surface area contributed by atoms with Crippen LogP contribution in [0.5, 0.6) is 0 Å². The first-order valence-electron chi connectivity index (χ1n) is 9.77. The van der Waals surface area contributed by atoms with E-state index in [1.165, 1.54) is 16.2 Å². The second-order valence-corrected chi connectivity index (χ2v) is 13.7. The van der Waals surface area contributed by atoms with Crippen molar-refractivity contribution in [1.82, 2.24) is 0 Å². The fourth-order valence-corrected chi connectivity index (χ4v) is 10.7. The van der Waals surface area contributed by atoms with E-state index < -0.39 is 5.96 Å². The van der Waals surface area contributed by atoms with Crippen LogP contribution in [-0.2, 0) is 6.16 Å². The number of hydrogen-bond acceptors (Lipinski definition) is 0. The van der Waals surface area contributed by atoms with E-state index in [1.54, 1.807) is 0 Å². The van der Waals surface area contributed by atoms with Gasteiger partial charge in [0, 0.05) is 0 Å². The van der Waals surface area contributed by atoms with Gasteiger partial charge in [0.25, 0.3) is 0 Å². The maximum absolute atomic E-state index is 8.18. The van der Waals surface area contributed by atoms with Gasteiger partial charge in [-0.2, -0.15) is 0 Å². The van der Waals surface area contributed by atoms with Crippen LogP contribution in [0.4, 0.5) is 0 Å². The van der Waals surface area contributed by atoms with E-state index in [1.807, 2.05) is 6.08 Å². The van der Waals surface area contributed by atoms with Crippen LogP contribution in [0.3, 0.4) is 0 Å². The predicted molar refractivity (Wildman–Crippen MR) is 131 cm³/mol. The summed E-state index contributed by atoms with van der Waals surface area (Å²) in [5.41, 5.74) is 2.32. The normalized spacial score (nSPS) is 12.7. The molecule has 0 heterocycles. The quantitative estimate of drug-likeness (QED) is 0.315. The van der Waals surface area contributed by atoms with Gasteiger partial charge in [0.05, 0.1) is 0 Å². The summed E-state index contributed by atoms with van der Waals surface area (Å²) >= 11 is 8.18. The molecule has 0 aliphatic carbocycles. The van der Waals surface area contributed by atoms with E-state index in [9.17, 15) is 0 Å². The zero-order chi connectivity index (χ0) is 20.2. The van der Waals surface area contributed by atoms with Crippen LogP contribution in [0.2, 0.25) is 0 Å². The SMILES string of the molecule is C=Cc1ccccc1P(Cl)(Cc1ccccc1)(c1ccccc1)c1ccccc1. The Morgan fingerprint density at radius 3 is 1.59 bits per heavy atom. The van der Waals surface area contributed by atoms with Gasteiger partial charge in [0.1, 0.15) is 0 Å². The number of halogens is 1. The Balaban J connectivity index is 2.16. The van der Waals surface area contributed by atoms with Crippen molar-refractivity contribution in [2.75, 3.05) is 0 Å². The Kier molecular flexibility index (Phi) is 5.41. The Labute approximate surface area is 178 Å². The molecule has 0 saturated heterocycles. The van der Waals surface area contributed by atoms with Crippen molar-refractivity contribution in [3.8, 4) is 0 Å². The second kappa shape index (κ2) is 7.99. The van der Waals surface area contributed by atoms with Crippen LogP contribution in [-0.4, -0.2) is 0 Å². The molecule has 0 spiro atoms. The molecule has 4 rings (SSSR count). The molecule has 0 nitrogen and oxygen atoms in total. The topological polar surface area (TPSA) is 0 Å². The number of hydrogen-bond donors (Lipinski definition) is 0. The standard InChI is InChI=1S/C27H24ClP/c1-2-24-16-12-13-21-27(24)29(28,25-17-8-4-9-18-25,26-19-10-5-11-20-26)22-23-14-6-3-7-15-23/h2-21H,1,22H2. The summed E-state index contributed by atoms with van der Waals surface area (Å²) in [6.45, 7) is 4.09. The van der Waals surface area contributed by atoms with Gasteiger partial charge < -0.3 is 0 Å². The first kappa shape index (κ1) is 19.6. The summed E-state index contributed by atoms with van der Waals surface area (Å²) in [5, 5.41) is 3.51. The van der Waals surface area contributed by atoms with Gasteiger partial charge in [-0.1, -0.05) is 0 Å². The third-order valence-electron chi connectivity index (χ3n) is 5.57. The molecule has 144 valence electrons. The van der Waals surface area contributed by atoms with Gasteiger partial charge in [-0.25, -0.2) is 0 Å². The van der Waals surface area contributed by atoms with Crippen LogP contribution in [0.15, 0.2) is 122 Å². The van der Waals surface area contributed by atoms with Crippen molar-refractivity contribution in [3.05, 3.63) is 133 Å². The molecule has 4 aromatic carbocycles. The van der Waals surface area contributed by atoms with E-state index in [4.69, 9.17) is 11.2 Å². The monoisotopic (exact) mass is 414 g/mol. The Morgan fingerprint density at radius 2 is 1.07 bits per heavy atom. The number of benzene rings is 4. The Morgan fingerprint density at radius 1 is 0.621 bits per heavy atom. The molecule has 0 amide bonds. The second-order valence-electron chi connectivity index (χ2n) is 7.26. The predicted octanol–water partition coefficient (Wildman–Crippen LogP) is 6.51. The molecule has 0 N–H and O–H groups in total. The average Bonchev–Trinajstić information content (AvgIpc) is 2.81. The Bertz CT molecular complexity index is 1070. The van der Waals surface area contributed by atoms with Gasteiger partial charge in [-0.05, 0) is 0 Å². The molecule has 0 bridgehead atoms. The zero-order valence-corrected chi connectivity index (χ0v) is 17.9. The van der Waals surface area contributed by atoms with Crippen LogP contribution in [0.1, 0.15) is 11.1 Å². The third-order valence-corrected chi connectivity index (χ3v) is 12.8. The number of rotatable bonds is 6. The molecule has 0 aromatic heterocycles. The summed E-state index contributed by atoms with van der Waals surface area (Å²) in [7, 11) is 0. The summed E-state index contributed by atoms with van der Waals surface area (Å²) in [6.07, 6.45) is 2.67. The van der Waals surface area contributed by atoms with Crippen molar-refractivity contribution >= 4 is 39.2 Å². The van der Waals surface area contributed by atoms with Crippen LogP contribution >= 0.6 is 17.2 Å². The minimum absolute atomic E-state index is 0.743. The molecule has 0 aliphatic rings. The molecule has 0 radical (unpaired) electrons. The van der Waals surface area contributed by atoms with Crippen molar-refractivity contribution in [3.63, 3.8) is 0 Å². The molecule has 0 atom stereocenters. The van der Waals surface area contributed by atoms with Crippen molar-refractivity contribution < 1.29 is 0 Å². The van der Waals surface area contributed by atoms with Crippen LogP contribution in [0, 0.1) is 0 Å². The van der Waals surface area contributed by atoms with Gasteiger partial charge in [0.15, 0.2) is 0 Å². The first-order chi connectivity index (χ1) is 14.2. The van der Waals surface area contributed by atoms with Crippen LogP contribution < -0.4 is 15.9 Å². The molecule has 29 heavy (non-hydrogen) atoms. The van der Waals surface area contributed by atoms with Crippen molar-refractivity contribution in [2.45, 2.75) is 6.16 Å². The first-order valence-corrected chi connectivity index (χ1v) is 13.1. The summed E-state index contributed by atoms with van der Waals surface area (Å²) < 4.78 is 0. The maximum atomic E-state index is 8.18. The summed E-state index contributed by atoms with van der Waals surface area (Å²) in [5.74, 6) is -3.35. The van der Waals surface area contributed by atoms with E-state index >= 15 is 0 Å². The fourth-order valence-electron chi connectivity index (χ4n) is 4.18. The fraction of sp³-hybridized carbons (Fsp3) is 0.0370. The van der Waals surface area contributed by atoms with Gasteiger partial charge in [-0.15, -0.1) is 0 Å². The third kappa shape index (κ3) is 3.33. The molecular formula is C27H24ClP.